The minimum atomic E-state index is -2.79. The average molecular weight is 359 g/mol. The van der Waals surface area contributed by atoms with E-state index in [9.17, 15) is 13.6 Å². The Labute approximate surface area is 128 Å². The van der Waals surface area contributed by atoms with Crippen molar-refractivity contribution in [3.8, 4) is 0 Å². The van der Waals surface area contributed by atoms with Crippen molar-refractivity contribution >= 4 is 21.8 Å². The molecular formula is C13H13BrF2N4O. The summed E-state index contributed by atoms with van der Waals surface area (Å²) in [5.41, 5.74) is 0.978. The fourth-order valence-electron chi connectivity index (χ4n) is 1.80. The van der Waals surface area contributed by atoms with E-state index in [2.05, 4.69) is 31.3 Å². The maximum absolute atomic E-state index is 12.8. The molecule has 1 N–H and O–H groups in total. The molecule has 2 aromatic rings. The summed E-state index contributed by atoms with van der Waals surface area (Å²) in [6.07, 6.45) is 0.114. The molecule has 0 atom stereocenters. The quantitative estimate of drug-likeness (QED) is 0.913. The van der Waals surface area contributed by atoms with Crippen molar-refractivity contribution in [2.24, 2.45) is 7.05 Å². The van der Waals surface area contributed by atoms with Gasteiger partial charge in [0.05, 0.1) is 17.8 Å². The summed E-state index contributed by atoms with van der Waals surface area (Å²) in [5, 5.41) is 6.16. The predicted octanol–water partition coefficient (Wildman–Crippen LogP) is 2.75. The normalized spacial score (nSPS) is 11.0. The third-order valence-corrected chi connectivity index (χ3v) is 3.67. The van der Waals surface area contributed by atoms with Crippen molar-refractivity contribution < 1.29 is 13.6 Å². The third-order valence-electron chi connectivity index (χ3n) is 2.84. The molecule has 1 amide bonds. The molecule has 21 heavy (non-hydrogen) atoms. The van der Waals surface area contributed by atoms with Gasteiger partial charge in [-0.25, -0.2) is 8.78 Å². The van der Waals surface area contributed by atoms with Crippen LogP contribution in [0.3, 0.4) is 0 Å². The molecule has 0 saturated carbocycles. The molecule has 2 rings (SSSR count). The fourth-order valence-corrected chi connectivity index (χ4v) is 2.02. The number of halogens is 3. The van der Waals surface area contributed by atoms with Crippen molar-refractivity contribution in [1.82, 2.24) is 20.1 Å². The van der Waals surface area contributed by atoms with Gasteiger partial charge in [0.15, 0.2) is 0 Å². The maximum atomic E-state index is 12.8. The Morgan fingerprint density at radius 2 is 2.24 bits per heavy atom. The van der Waals surface area contributed by atoms with Crippen LogP contribution in [0.25, 0.3) is 0 Å². The molecule has 5 nitrogen and oxygen atoms in total. The second-order valence-corrected chi connectivity index (χ2v) is 5.36. The first-order valence-electron chi connectivity index (χ1n) is 6.09. The van der Waals surface area contributed by atoms with E-state index in [-0.39, 0.29) is 12.1 Å². The summed E-state index contributed by atoms with van der Waals surface area (Å²) < 4.78 is 27.6. The molecule has 0 saturated heterocycles. The molecule has 2 heterocycles. The van der Waals surface area contributed by atoms with Crippen LogP contribution in [0.1, 0.15) is 33.7 Å². The molecule has 0 bridgehead atoms. The first-order valence-corrected chi connectivity index (χ1v) is 6.88. The monoisotopic (exact) mass is 358 g/mol. The number of carbonyl (C=O) groups is 1. The fraction of sp³-hybridized carbons (Fsp3) is 0.308. The van der Waals surface area contributed by atoms with Gasteiger partial charge in [0, 0.05) is 23.9 Å². The van der Waals surface area contributed by atoms with Crippen LogP contribution in [0, 0.1) is 6.92 Å². The SMILES string of the molecule is Cc1cc(CNC(=O)c2cn(C)nc2C(F)F)ncc1Br. The molecule has 112 valence electrons. The number of aromatic nitrogens is 3. The van der Waals surface area contributed by atoms with Crippen LogP contribution >= 0.6 is 15.9 Å². The summed E-state index contributed by atoms with van der Waals surface area (Å²) >= 11 is 3.33. The third kappa shape index (κ3) is 3.63. The van der Waals surface area contributed by atoms with Gasteiger partial charge < -0.3 is 5.32 Å². The number of hydrogen-bond acceptors (Lipinski definition) is 3. The topological polar surface area (TPSA) is 59.8 Å². The molecule has 8 heteroatoms. The lowest BCUT2D eigenvalue weighted by Gasteiger charge is -2.06. The number of alkyl halides is 2. The summed E-state index contributed by atoms with van der Waals surface area (Å²) in [4.78, 5) is 16.1. The summed E-state index contributed by atoms with van der Waals surface area (Å²) in [5.74, 6) is -0.597. The van der Waals surface area contributed by atoms with Crippen molar-refractivity contribution in [3.63, 3.8) is 0 Å². The minimum Gasteiger partial charge on any atom is -0.346 e. The molecule has 0 aliphatic carbocycles. The van der Waals surface area contributed by atoms with E-state index >= 15 is 0 Å². The van der Waals surface area contributed by atoms with E-state index in [4.69, 9.17) is 0 Å². The second kappa shape index (κ2) is 6.30. The van der Waals surface area contributed by atoms with Gasteiger partial charge >= 0.3 is 0 Å². The molecule has 0 spiro atoms. The Kier molecular flexibility index (Phi) is 4.66. The number of nitrogens with zero attached hydrogens (tertiary/aromatic N) is 3. The Bertz CT molecular complexity index is 672. The summed E-state index contributed by atoms with van der Waals surface area (Å²) in [6.45, 7) is 2.05. The van der Waals surface area contributed by atoms with Gasteiger partial charge in [-0.05, 0) is 34.5 Å². The molecule has 2 aromatic heterocycles. The highest BCUT2D eigenvalue weighted by molar-refractivity contribution is 9.10. The van der Waals surface area contributed by atoms with Crippen LogP contribution in [-0.2, 0) is 13.6 Å². The zero-order valence-corrected chi connectivity index (χ0v) is 13.0. The zero-order valence-electron chi connectivity index (χ0n) is 11.4. The van der Waals surface area contributed by atoms with Gasteiger partial charge in [-0.1, -0.05) is 0 Å². The largest absolute Gasteiger partial charge is 0.346 e. The van der Waals surface area contributed by atoms with Crippen LogP contribution in [0.15, 0.2) is 22.9 Å². The predicted molar refractivity (Wildman–Crippen MR) is 76.0 cm³/mol. The van der Waals surface area contributed by atoms with Gasteiger partial charge in [-0.2, -0.15) is 5.10 Å². The Morgan fingerprint density at radius 1 is 1.52 bits per heavy atom. The Morgan fingerprint density at radius 3 is 2.86 bits per heavy atom. The van der Waals surface area contributed by atoms with E-state index in [1.807, 2.05) is 13.0 Å². The van der Waals surface area contributed by atoms with Crippen molar-refractivity contribution in [3.05, 3.63) is 45.4 Å². The highest BCUT2D eigenvalue weighted by atomic mass is 79.9. The van der Waals surface area contributed by atoms with Crippen LogP contribution in [0.5, 0.6) is 0 Å². The molecule has 0 aromatic carbocycles. The standard InChI is InChI=1S/C13H13BrF2N4O/c1-7-3-8(17-5-10(7)14)4-18-13(21)9-6-20(2)19-11(9)12(15)16/h3,5-6,12H,4H2,1-2H3,(H,18,21). The van der Waals surface area contributed by atoms with Gasteiger partial charge in [0.1, 0.15) is 5.69 Å². The molecular weight excluding hydrogens is 346 g/mol. The summed E-state index contributed by atoms with van der Waals surface area (Å²) in [6, 6.07) is 1.81. The zero-order chi connectivity index (χ0) is 15.6. The number of amides is 1. The number of carbonyl (C=O) groups excluding carboxylic acids is 1. The first kappa shape index (κ1) is 15.6. The van der Waals surface area contributed by atoms with Gasteiger partial charge in [0.2, 0.25) is 0 Å². The molecule has 0 aliphatic heterocycles. The lowest BCUT2D eigenvalue weighted by atomic mass is 10.2. The number of rotatable bonds is 4. The minimum absolute atomic E-state index is 0.124. The maximum Gasteiger partial charge on any atom is 0.282 e. The van der Waals surface area contributed by atoms with Crippen molar-refractivity contribution in [2.45, 2.75) is 19.9 Å². The Balaban J connectivity index is 2.10. The van der Waals surface area contributed by atoms with Crippen LogP contribution in [0.2, 0.25) is 0 Å². The lowest BCUT2D eigenvalue weighted by Crippen LogP contribution is -2.24. The van der Waals surface area contributed by atoms with Gasteiger partial charge in [-0.3, -0.25) is 14.5 Å². The number of hydrogen-bond donors (Lipinski definition) is 1. The lowest BCUT2D eigenvalue weighted by molar-refractivity contribution is 0.0935. The average Bonchev–Trinajstić information content (AvgIpc) is 2.82. The smallest absolute Gasteiger partial charge is 0.282 e. The number of aryl methyl sites for hydroxylation is 2. The van der Waals surface area contributed by atoms with Gasteiger partial charge in [-0.15, -0.1) is 0 Å². The molecule has 0 radical (unpaired) electrons. The van der Waals surface area contributed by atoms with E-state index in [0.29, 0.717) is 5.69 Å². The van der Waals surface area contributed by atoms with E-state index in [1.165, 1.54) is 17.9 Å². The van der Waals surface area contributed by atoms with E-state index in [1.54, 1.807) is 6.20 Å². The molecule has 0 aliphatic rings. The first-order chi connectivity index (χ1) is 9.88. The van der Waals surface area contributed by atoms with Gasteiger partial charge in [0.25, 0.3) is 12.3 Å². The summed E-state index contributed by atoms with van der Waals surface area (Å²) in [7, 11) is 1.49. The highest BCUT2D eigenvalue weighted by Crippen LogP contribution is 2.21. The number of pyridine rings is 1. The number of nitrogens with one attached hydrogen (secondary N) is 1. The van der Waals surface area contributed by atoms with Crippen molar-refractivity contribution in [1.29, 1.82) is 0 Å². The Hall–Kier alpha value is -1.83. The van der Waals surface area contributed by atoms with Crippen LogP contribution in [0.4, 0.5) is 8.78 Å². The second-order valence-electron chi connectivity index (χ2n) is 4.51. The molecule has 0 fully saturated rings. The van der Waals surface area contributed by atoms with Crippen molar-refractivity contribution in [2.75, 3.05) is 0 Å². The van der Waals surface area contributed by atoms with Crippen LogP contribution < -0.4 is 5.32 Å². The molecule has 0 unspecified atom stereocenters. The van der Waals surface area contributed by atoms with Crippen LogP contribution in [-0.4, -0.2) is 20.7 Å². The van der Waals surface area contributed by atoms with E-state index < -0.39 is 18.0 Å². The van der Waals surface area contributed by atoms with E-state index in [0.717, 1.165) is 10.0 Å². The highest BCUT2D eigenvalue weighted by Gasteiger charge is 2.22.